The second kappa shape index (κ2) is 8.38. The van der Waals surface area contributed by atoms with Crippen molar-refractivity contribution in [3.05, 3.63) is 84.9 Å². The van der Waals surface area contributed by atoms with Crippen molar-refractivity contribution in [3.63, 3.8) is 0 Å². The minimum absolute atomic E-state index is 0.213. The smallest absolute Gasteiger partial charge is 0.119 e. The molecule has 0 aromatic heterocycles. The maximum absolute atomic E-state index is 9.49. The van der Waals surface area contributed by atoms with E-state index in [1.807, 2.05) is 48.5 Å². The van der Waals surface area contributed by atoms with Crippen LogP contribution in [0.2, 0.25) is 0 Å². The second-order valence-electron chi connectivity index (χ2n) is 6.55. The van der Waals surface area contributed by atoms with E-state index in [1.165, 1.54) is 0 Å². The Morgan fingerprint density at radius 2 is 1.23 bits per heavy atom. The lowest BCUT2D eigenvalue weighted by Crippen LogP contribution is -2.24. The largest absolute Gasteiger partial charge is 0.491 e. The van der Waals surface area contributed by atoms with Gasteiger partial charge in [-0.05, 0) is 48.2 Å². The topological polar surface area (TPSA) is 33.1 Å². The van der Waals surface area contributed by atoms with E-state index in [1.54, 1.807) is 0 Å². The lowest BCUT2D eigenvalue weighted by atomic mass is 10.2. The summed E-state index contributed by atoms with van der Waals surface area (Å²) in [6.45, 7) is 4.27. The van der Waals surface area contributed by atoms with Gasteiger partial charge < -0.3 is 9.90 Å². The molecule has 1 N–H and O–H groups in total. The predicted octanol–water partition coefficient (Wildman–Crippen LogP) is 5.31. The molecule has 0 amide bonds. The summed E-state index contributed by atoms with van der Waals surface area (Å²) >= 11 is 0. The van der Waals surface area contributed by atoms with E-state index in [-0.39, 0.29) is 6.10 Å². The number of rotatable bonds is 7. The standard InChI is InChI=1S/C23H26NOP/c1-3-10-19(2)25-20-15-17-23(18-16-20)26(24,21-11-6-4-7-12-21)22-13-8-5-9-14-22/h4-9,11-19,24H,3,10H2,1-2H3/t19-/m1/s1. The number of hydrogen-bond acceptors (Lipinski definition) is 2. The van der Waals surface area contributed by atoms with Crippen molar-refractivity contribution in [2.45, 2.75) is 32.8 Å². The van der Waals surface area contributed by atoms with Gasteiger partial charge in [0.25, 0.3) is 0 Å². The molecule has 0 aliphatic rings. The molecular formula is C23H26NOP. The van der Waals surface area contributed by atoms with Crippen LogP contribution in [0.5, 0.6) is 5.75 Å². The summed E-state index contributed by atoms with van der Waals surface area (Å²) in [5.41, 5.74) is 0. The van der Waals surface area contributed by atoms with Gasteiger partial charge in [-0.3, -0.25) is 0 Å². The van der Waals surface area contributed by atoms with Gasteiger partial charge in [0, 0.05) is 5.30 Å². The molecule has 0 aliphatic heterocycles. The molecule has 0 aliphatic carbocycles. The first-order valence-electron chi connectivity index (χ1n) is 9.17. The first-order valence-corrected chi connectivity index (χ1v) is 11.0. The van der Waals surface area contributed by atoms with E-state index in [2.05, 4.69) is 50.2 Å². The molecule has 3 heteroatoms. The third kappa shape index (κ3) is 3.92. The molecule has 0 radical (unpaired) electrons. The van der Waals surface area contributed by atoms with Crippen LogP contribution in [0.1, 0.15) is 26.7 Å². The van der Waals surface area contributed by atoms with E-state index in [4.69, 9.17) is 4.74 Å². The van der Waals surface area contributed by atoms with Gasteiger partial charge >= 0.3 is 0 Å². The van der Waals surface area contributed by atoms with Crippen LogP contribution in [0.4, 0.5) is 0 Å². The number of ether oxygens (including phenoxy) is 1. The molecule has 26 heavy (non-hydrogen) atoms. The number of hydrogen-bond donors (Lipinski definition) is 1. The molecule has 3 aromatic carbocycles. The van der Waals surface area contributed by atoms with E-state index in [9.17, 15) is 5.16 Å². The van der Waals surface area contributed by atoms with Crippen LogP contribution >= 0.6 is 7.05 Å². The lowest BCUT2D eigenvalue weighted by molar-refractivity contribution is 0.210. The Morgan fingerprint density at radius 3 is 1.69 bits per heavy atom. The summed E-state index contributed by atoms with van der Waals surface area (Å²) in [5, 5.41) is 12.7. The van der Waals surface area contributed by atoms with Crippen LogP contribution in [-0.2, 0) is 0 Å². The molecule has 0 unspecified atom stereocenters. The van der Waals surface area contributed by atoms with Crippen molar-refractivity contribution >= 4 is 23.0 Å². The molecule has 0 saturated carbocycles. The summed E-state index contributed by atoms with van der Waals surface area (Å²) in [4.78, 5) is 0. The van der Waals surface area contributed by atoms with Crippen molar-refractivity contribution in [3.8, 4) is 5.75 Å². The molecule has 0 heterocycles. The molecule has 0 fully saturated rings. The highest BCUT2D eigenvalue weighted by molar-refractivity contribution is 7.86. The Morgan fingerprint density at radius 1 is 0.769 bits per heavy atom. The highest BCUT2D eigenvalue weighted by Crippen LogP contribution is 2.43. The Balaban J connectivity index is 2.00. The molecule has 134 valence electrons. The average molecular weight is 363 g/mol. The zero-order valence-electron chi connectivity index (χ0n) is 15.4. The van der Waals surface area contributed by atoms with Gasteiger partial charge in [0.1, 0.15) is 5.75 Å². The SMILES string of the molecule is CCC[C@@H](C)Oc1ccc(P(=N)(c2ccccc2)c2ccccc2)cc1. The van der Waals surface area contributed by atoms with Gasteiger partial charge in [-0.1, -0.05) is 74.0 Å². The minimum Gasteiger partial charge on any atom is -0.491 e. The molecular weight excluding hydrogens is 337 g/mol. The fourth-order valence-corrected chi connectivity index (χ4v) is 5.93. The maximum Gasteiger partial charge on any atom is 0.119 e. The van der Waals surface area contributed by atoms with Crippen LogP contribution < -0.4 is 20.7 Å². The summed E-state index contributed by atoms with van der Waals surface area (Å²) in [7, 11) is -2.40. The summed E-state index contributed by atoms with van der Waals surface area (Å²) < 4.78 is 5.98. The summed E-state index contributed by atoms with van der Waals surface area (Å²) in [6.07, 6.45) is 2.37. The van der Waals surface area contributed by atoms with Gasteiger partial charge in [0.2, 0.25) is 0 Å². The number of benzene rings is 3. The molecule has 0 saturated heterocycles. The fraction of sp³-hybridized carbons (Fsp3) is 0.217. The molecule has 0 bridgehead atoms. The Kier molecular flexibility index (Phi) is 5.96. The molecule has 1 atom stereocenters. The molecule has 3 rings (SSSR count). The highest BCUT2D eigenvalue weighted by Gasteiger charge is 2.24. The van der Waals surface area contributed by atoms with Crippen molar-refractivity contribution in [2.75, 3.05) is 0 Å². The Hall–Kier alpha value is -2.31. The van der Waals surface area contributed by atoms with Crippen molar-refractivity contribution in [1.29, 1.82) is 5.16 Å². The second-order valence-corrected chi connectivity index (χ2v) is 9.44. The third-order valence-electron chi connectivity index (χ3n) is 4.54. The van der Waals surface area contributed by atoms with Crippen LogP contribution in [0, 0.1) is 5.16 Å². The monoisotopic (exact) mass is 363 g/mol. The first kappa shape index (κ1) is 18.5. The Labute approximate surface area is 156 Å². The first-order chi connectivity index (χ1) is 12.6. The third-order valence-corrected chi connectivity index (χ3v) is 7.76. The summed E-state index contributed by atoms with van der Waals surface area (Å²) in [5.74, 6) is 0.877. The maximum atomic E-state index is 9.49. The molecule has 2 nitrogen and oxygen atoms in total. The lowest BCUT2D eigenvalue weighted by Gasteiger charge is -2.24. The van der Waals surface area contributed by atoms with Crippen molar-refractivity contribution < 1.29 is 4.74 Å². The van der Waals surface area contributed by atoms with Crippen LogP contribution in [0.25, 0.3) is 0 Å². The van der Waals surface area contributed by atoms with Crippen LogP contribution in [-0.4, -0.2) is 6.10 Å². The van der Waals surface area contributed by atoms with E-state index in [0.29, 0.717) is 0 Å². The minimum atomic E-state index is -2.40. The van der Waals surface area contributed by atoms with Crippen LogP contribution in [0.15, 0.2) is 84.9 Å². The highest BCUT2D eigenvalue weighted by atomic mass is 31.2. The zero-order chi connectivity index (χ0) is 18.4. The van der Waals surface area contributed by atoms with Crippen molar-refractivity contribution in [1.82, 2.24) is 0 Å². The average Bonchev–Trinajstić information content (AvgIpc) is 2.69. The number of nitrogens with one attached hydrogen (secondary N) is 1. The van der Waals surface area contributed by atoms with E-state index < -0.39 is 7.05 Å². The van der Waals surface area contributed by atoms with Crippen LogP contribution in [0.3, 0.4) is 0 Å². The zero-order valence-corrected chi connectivity index (χ0v) is 16.3. The molecule has 3 aromatic rings. The quantitative estimate of drug-likeness (QED) is 0.567. The van der Waals surface area contributed by atoms with E-state index >= 15 is 0 Å². The van der Waals surface area contributed by atoms with Crippen molar-refractivity contribution in [2.24, 2.45) is 0 Å². The van der Waals surface area contributed by atoms with Gasteiger partial charge in [-0.25, -0.2) is 0 Å². The fourth-order valence-electron chi connectivity index (χ4n) is 3.20. The van der Waals surface area contributed by atoms with Gasteiger partial charge in [0.05, 0.1) is 13.2 Å². The van der Waals surface area contributed by atoms with Gasteiger partial charge in [-0.15, -0.1) is 0 Å². The normalized spacial score (nSPS) is 12.5. The predicted molar refractivity (Wildman–Crippen MR) is 113 cm³/mol. The molecule has 0 spiro atoms. The van der Waals surface area contributed by atoms with Gasteiger partial charge in [0.15, 0.2) is 0 Å². The van der Waals surface area contributed by atoms with Gasteiger partial charge in [-0.2, -0.15) is 0 Å². The summed E-state index contributed by atoms with van der Waals surface area (Å²) in [6, 6.07) is 28.5. The van der Waals surface area contributed by atoms with E-state index in [0.717, 1.165) is 34.5 Å². The Bertz CT molecular complexity index is 816.